The Balaban J connectivity index is 3.33. The van der Waals surface area contributed by atoms with Crippen molar-refractivity contribution in [3.63, 3.8) is 0 Å². The maximum atomic E-state index is 13.0. The number of alkyl halides is 3. The van der Waals surface area contributed by atoms with Gasteiger partial charge in [-0.15, -0.1) is 0 Å². The highest BCUT2D eigenvalue weighted by Gasteiger charge is 2.38. The smallest absolute Gasteiger partial charge is 0.299 e. The molecule has 0 saturated carbocycles. The summed E-state index contributed by atoms with van der Waals surface area (Å²) in [6.07, 6.45) is -4.48. The maximum absolute atomic E-state index is 13.0. The molecule has 2 atom stereocenters. The molecule has 1 rings (SSSR count). The molecule has 0 aliphatic carbocycles. The number of hydrogen-bond donors (Lipinski definition) is 0. The highest BCUT2D eigenvalue weighted by molar-refractivity contribution is 5.81. The molecule has 4 nitrogen and oxygen atoms in total. The summed E-state index contributed by atoms with van der Waals surface area (Å²) < 4.78 is 39.1. The van der Waals surface area contributed by atoms with Crippen LogP contribution in [0, 0.1) is 16.0 Å². The maximum Gasteiger partial charge on any atom is 0.416 e. The monoisotopic (exact) mass is 303 g/mol. The Bertz CT molecular complexity index is 528. The molecular weight excluding hydrogens is 287 g/mol. The molecule has 0 radical (unpaired) electrons. The predicted octanol–water partition coefficient (Wildman–Crippen LogP) is 3.68. The van der Waals surface area contributed by atoms with Crippen molar-refractivity contribution in [2.75, 3.05) is 6.54 Å². The van der Waals surface area contributed by atoms with Gasteiger partial charge < -0.3 is 0 Å². The third kappa shape index (κ3) is 4.27. The quantitative estimate of drug-likeness (QED) is 0.595. The Labute approximate surface area is 120 Å². The summed E-state index contributed by atoms with van der Waals surface area (Å²) in [5.41, 5.74) is -1.12. The molecule has 0 fully saturated rings. The second kappa shape index (κ2) is 6.69. The number of nitro groups is 1. The van der Waals surface area contributed by atoms with Gasteiger partial charge in [0, 0.05) is 17.3 Å². The van der Waals surface area contributed by atoms with Crippen molar-refractivity contribution in [2.24, 2.45) is 5.92 Å². The number of Topliss-reactive ketones (excluding diaryl/α,β-unsaturated/α-hetero) is 1. The van der Waals surface area contributed by atoms with E-state index >= 15 is 0 Å². The normalized spacial score (nSPS) is 14.5. The van der Waals surface area contributed by atoms with Crippen molar-refractivity contribution in [2.45, 2.75) is 32.4 Å². The lowest BCUT2D eigenvalue weighted by Crippen LogP contribution is -2.27. The molecule has 0 bridgehead atoms. The minimum atomic E-state index is -4.61. The van der Waals surface area contributed by atoms with E-state index in [1.54, 1.807) is 6.92 Å². The molecular formula is C14H16F3NO3. The first-order chi connectivity index (χ1) is 9.68. The van der Waals surface area contributed by atoms with E-state index in [2.05, 4.69) is 0 Å². The van der Waals surface area contributed by atoms with Gasteiger partial charge in [0.2, 0.25) is 6.54 Å². The third-order valence-corrected chi connectivity index (χ3v) is 3.47. The number of rotatable bonds is 6. The number of ketones is 1. The van der Waals surface area contributed by atoms with Crippen LogP contribution in [0.1, 0.15) is 37.3 Å². The molecule has 116 valence electrons. The van der Waals surface area contributed by atoms with Crippen LogP contribution in [0.4, 0.5) is 13.2 Å². The summed E-state index contributed by atoms with van der Waals surface area (Å²) in [5, 5.41) is 10.8. The van der Waals surface area contributed by atoms with E-state index < -0.39 is 35.0 Å². The third-order valence-electron chi connectivity index (χ3n) is 3.47. The van der Waals surface area contributed by atoms with Gasteiger partial charge in [-0.2, -0.15) is 13.2 Å². The molecule has 0 aliphatic heterocycles. The van der Waals surface area contributed by atoms with E-state index in [1.807, 2.05) is 0 Å². The van der Waals surface area contributed by atoms with Crippen molar-refractivity contribution in [1.82, 2.24) is 0 Å². The number of nitrogens with zero attached hydrogens (tertiary/aromatic N) is 1. The lowest BCUT2D eigenvalue weighted by atomic mass is 9.81. The van der Waals surface area contributed by atoms with Crippen LogP contribution in [0.2, 0.25) is 0 Å². The van der Waals surface area contributed by atoms with Gasteiger partial charge in [0.05, 0.1) is 11.5 Å². The molecule has 7 heteroatoms. The van der Waals surface area contributed by atoms with Crippen LogP contribution in [0.25, 0.3) is 0 Å². The van der Waals surface area contributed by atoms with Crippen LogP contribution in [0.3, 0.4) is 0 Å². The minimum Gasteiger partial charge on any atom is -0.299 e. The second-order valence-electron chi connectivity index (χ2n) is 4.82. The lowest BCUT2D eigenvalue weighted by molar-refractivity contribution is -0.484. The Morgan fingerprint density at radius 3 is 2.38 bits per heavy atom. The van der Waals surface area contributed by atoms with Crippen molar-refractivity contribution in [3.8, 4) is 0 Å². The van der Waals surface area contributed by atoms with E-state index in [0.717, 1.165) is 6.07 Å². The Morgan fingerprint density at radius 2 is 1.90 bits per heavy atom. The molecule has 0 aliphatic rings. The number of halogens is 3. The van der Waals surface area contributed by atoms with Crippen LogP contribution in [0.15, 0.2) is 24.3 Å². The summed E-state index contributed by atoms with van der Waals surface area (Å²) >= 11 is 0. The zero-order valence-electron chi connectivity index (χ0n) is 11.7. The summed E-state index contributed by atoms with van der Waals surface area (Å²) in [6.45, 7) is 2.31. The van der Waals surface area contributed by atoms with Gasteiger partial charge in [-0.3, -0.25) is 14.9 Å². The fourth-order valence-electron chi connectivity index (χ4n) is 2.31. The molecule has 0 N–H and O–H groups in total. The van der Waals surface area contributed by atoms with Crippen molar-refractivity contribution >= 4 is 5.78 Å². The van der Waals surface area contributed by atoms with E-state index in [4.69, 9.17) is 0 Å². The van der Waals surface area contributed by atoms with Crippen molar-refractivity contribution < 1.29 is 22.9 Å². The number of benzene rings is 1. The van der Waals surface area contributed by atoms with Gasteiger partial charge >= 0.3 is 6.18 Å². The molecule has 21 heavy (non-hydrogen) atoms. The first-order valence-electron chi connectivity index (χ1n) is 6.49. The number of carbonyl (C=O) groups is 1. The lowest BCUT2D eigenvalue weighted by Gasteiger charge is -2.23. The van der Waals surface area contributed by atoms with Gasteiger partial charge in [0.25, 0.3) is 0 Å². The van der Waals surface area contributed by atoms with Gasteiger partial charge in [-0.1, -0.05) is 32.0 Å². The summed E-state index contributed by atoms with van der Waals surface area (Å²) in [7, 11) is 0. The summed E-state index contributed by atoms with van der Waals surface area (Å²) in [6, 6.07) is 4.70. The Hall–Kier alpha value is -1.92. The largest absolute Gasteiger partial charge is 0.416 e. The molecule has 0 heterocycles. The fraction of sp³-hybridized carbons (Fsp3) is 0.500. The van der Waals surface area contributed by atoms with Crippen LogP contribution < -0.4 is 0 Å². The van der Waals surface area contributed by atoms with Crippen molar-refractivity contribution in [3.05, 3.63) is 45.5 Å². The predicted molar refractivity (Wildman–Crippen MR) is 70.5 cm³/mol. The second-order valence-corrected chi connectivity index (χ2v) is 4.82. The highest BCUT2D eigenvalue weighted by Crippen LogP contribution is 2.38. The Morgan fingerprint density at radius 1 is 1.33 bits per heavy atom. The SMILES string of the molecule is CCC(=O)[C@@H](C)[C@@H](C[N+](=O)[O-])c1ccccc1C(F)(F)F. The van der Waals surface area contributed by atoms with E-state index in [0.29, 0.717) is 0 Å². The topological polar surface area (TPSA) is 60.2 Å². The van der Waals surface area contributed by atoms with Crippen LogP contribution in [-0.2, 0) is 11.0 Å². The van der Waals surface area contributed by atoms with Crippen LogP contribution in [-0.4, -0.2) is 17.3 Å². The minimum absolute atomic E-state index is 0.129. The molecule has 0 saturated heterocycles. The number of carbonyl (C=O) groups excluding carboxylic acids is 1. The summed E-state index contributed by atoms with van der Waals surface area (Å²) in [5.74, 6) is -2.23. The van der Waals surface area contributed by atoms with Gasteiger partial charge in [-0.25, -0.2) is 0 Å². The van der Waals surface area contributed by atoms with Crippen LogP contribution >= 0.6 is 0 Å². The molecule has 0 aromatic heterocycles. The Kier molecular flexibility index (Phi) is 5.46. The molecule has 0 spiro atoms. The van der Waals surface area contributed by atoms with Gasteiger partial charge in [0.15, 0.2) is 0 Å². The highest BCUT2D eigenvalue weighted by atomic mass is 19.4. The summed E-state index contributed by atoms with van der Waals surface area (Å²) in [4.78, 5) is 21.9. The first-order valence-corrected chi connectivity index (χ1v) is 6.49. The van der Waals surface area contributed by atoms with Gasteiger partial charge in [-0.05, 0) is 11.6 Å². The van der Waals surface area contributed by atoms with E-state index in [-0.39, 0.29) is 17.8 Å². The zero-order chi connectivity index (χ0) is 16.2. The number of hydrogen-bond acceptors (Lipinski definition) is 3. The van der Waals surface area contributed by atoms with Crippen molar-refractivity contribution in [1.29, 1.82) is 0 Å². The van der Waals surface area contributed by atoms with E-state index in [9.17, 15) is 28.1 Å². The first kappa shape index (κ1) is 17.1. The molecule has 1 aromatic rings. The molecule has 0 unspecified atom stereocenters. The molecule has 1 aromatic carbocycles. The van der Waals surface area contributed by atoms with Gasteiger partial charge in [0.1, 0.15) is 5.78 Å². The fourth-order valence-corrected chi connectivity index (χ4v) is 2.31. The average Bonchev–Trinajstić information content (AvgIpc) is 2.42. The van der Waals surface area contributed by atoms with E-state index in [1.165, 1.54) is 25.1 Å². The molecule has 0 amide bonds. The zero-order valence-corrected chi connectivity index (χ0v) is 11.7. The average molecular weight is 303 g/mol. The standard InChI is InChI=1S/C14H16F3NO3/c1-3-13(19)9(2)11(8-18(20)21)10-6-4-5-7-12(10)14(15,16)17/h4-7,9,11H,3,8H2,1-2H3/t9-,11+/m0/s1. The van der Waals surface area contributed by atoms with Crippen LogP contribution in [0.5, 0.6) is 0 Å².